The van der Waals surface area contributed by atoms with Crippen LogP contribution in [0.1, 0.15) is 129 Å². The molecule has 0 amide bonds. The van der Waals surface area contributed by atoms with Gasteiger partial charge in [-0.15, -0.1) is 0 Å². The number of esters is 1. The fraction of sp³-hybridized carbons (Fsp3) is 0.714. The zero-order valence-corrected chi connectivity index (χ0v) is 29.7. The molecule has 5 aliphatic carbocycles. The normalized spacial score (nSPS) is 33.7. The van der Waals surface area contributed by atoms with E-state index < -0.39 is 0 Å². The first-order chi connectivity index (χ1) is 22.6. The van der Waals surface area contributed by atoms with Crippen molar-refractivity contribution >= 4 is 16.9 Å². The fourth-order valence-electron chi connectivity index (χ4n) is 11.6. The summed E-state index contributed by atoms with van der Waals surface area (Å²) in [6.07, 6.45) is 20.1. The van der Waals surface area contributed by atoms with Crippen LogP contribution >= 0.6 is 0 Å². The van der Waals surface area contributed by atoms with Crippen LogP contribution in [0.25, 0.3) is 11.0 Å². The summed E-state index contributed by atoms with van der Waals surface area (Å²) in [7, 11) is 0. The molecule has 0 aliphatic heterocycles. The van der Waals surface area contributed by atoms with E-state index in [9.17, 15) is 9.59 Å². The van der Waals surface area contributed by atoms with E-state index in [1.54, 1.807) is 6.07 Å². The van der Waals surface area contributed by atoms with Gasteiger partial charge in [-0.25, -0.2) is 9.59 Å². The Bertz CT molecular complexity index is 1570. The Hall–Kier alpha value is -2.56. The number of ether oxygens (including phenoxy) is 2. The van der Waals surface area contributed by atoms with Crippen molar-refractivity contribution in [3.05, 3.63) is 51.4 Å². The van der Waals surface area contributed by atoms with Crippen LogP contribution in [0, 0.1) is 46.3 Å². The highest BCUT2D eigenvalue weighted by atomic mass is 16.6. The molecule has 0 unspecified atom stereocenters. The van der Waals surface area contributed by atoms with E-state index in [2.05, 4.69) is 40.7 Å². The number of carbonyl (C=O) groups is 1. The van der Waals surface area contributed by atoms with Gasteiger partial charge in [-0.05, 0) is 135 Å². The highest BCUT2D eigenvalue weighted by Gasteiger charge is 2.59. The second-order valence-electron chi connectivity index (χ2n) is 17.1. The molecule has 0 saturated heterocycles. The first kappa shape index (κ1) is 33.0. The SMILES string of the molecule is CC(C)CCC[C@@H](C)[C@@H]1CC[C@@H]2[C@H]3CC=C4C[C@@H](OC(=O)COc5ccc6c7c(c(=O)oc6c5)CCCC7)CC[C@]4(C)[C@@H]3CC[C@@]21C. The van der Waals surface area contributed by atoms with Gasteiger partial charge in [0.2, 0.25) is 0 Å². The van der Waals surface area contributed by atoms with E-state index in [4.69, 9.17) is 13.9 Å². The first-order valence-corrected chi connectivity index (χ1v) is 19.2. The lowest BCUT2D eigenvalue weighted by Crippen LogP contribution is -2.51. The summed E-state index contributed by atoms with van der Waals surface area (Å²) in [5.41, 5.74) is 4.49. The summed E-state index contributed by atoms with van der Waals surface area (Å²) in [4.78, 5) is 25.5. The van der Waals surface area contributed by atoms with Crippen molar-refractivity contribution in [3.8, 4) is 5.75 Å². The van der Waals surface area contributed by atoms with Gasteiger partial charge in [-0.2, -0.15) is 0 Å². The molecule has 1 aromatic heterocycles. The quantitative estimate of drug-likeness (QED) is 0.155. The van der Waals surface area contributed by atoms with Gasteiger partial charge < -0.3 is 13.9 Å². The largest absolute Gasteiger partial charge is 0.482 e. The summed E-state index contributed by atoms with van der Waals surface area (Å²) < 4.78 is 17.5. The van der Waals surface area contributed by atoms with Gasteiger partial charge in [0.15, 0.2) is 6.61 Å². The van der Waals surface area contributed by atoms with Crippen LogP contribution in [-0.4, -0.2) is 18.7 Å². The Morgan fingerprint density at radius 2 is 1.79 bits per heavy atom. The summed E-state index contributed by atoms with van der Waals surface area (Å²) in [5, 5.41) is 0.976. The third-order valence-electron chi connectivity index (χ3n) is 14.1. The molecule has 5 nitrogen and oxygen atoms in total. The third kappa shape index (κ3) is 6.12. The van der Waals surface area contributed by atoms with Gasteiger partial charge in [0, 0.05) is 23.4 Å². The lowest BCUT2D eigenvalue weighted by Gasteiger charge is -2.58. The van der Waals surface area contributed by atoms with Crippen molar-refractivity contribution in [2.75, 3.05) is 6.61 Å². The zero-order chi connectivity index (χ0) is 32.9. The maximum atomic E-state index is 13.0. The van der Waals surface area contributed by atoms with Gasteiger partial charge in [0.1, 0.15) is 17.4 Å². The lowest BCUT2D eigenvalue weighted by molar-refractivity contribution is -0.153. The van der Waals surface area contributed by atoms with Gasteiger partial charge in [0.05, 0.1) is 0 Å². The molecule has 5 aliphatic rings. The molecule has 8 atom stereocenters. The molecule has 1 heterocycles. The average molecular weight is 643 g/mol. The minimum absolute atomic E-state index is 0.0838. The first-order valence-electron chi connectivity index (χ1n) is 19.2. The fourth-order valence-corrected chi connectivity index (χ4v) is 11.6. The molecular formula is C42H58O5. The predicted molar refractivity (Wildman–Crippen MR) is 188 cm³/mol. The van der Waals surface area contributed by atoms with Gasteiger partial charge >= 0.3 is 11.6 Å². The number of hydrogen-bond acceptors (Lipinski definition) is 5. The van der Waals surface area contributed by atoms with Crippen molar-refractivity contribution in [2.45, 2.75) is 137 Å². The zero-order valence-electron chi connectivity index (χ0n) is 29.7. The molecule has 1 aromatic carbocycles. The number of fused-ring (bicyclic) bond motifs is 8. The Labute approximate surface area is 282 Å². The smallest absolute Gasteiger partial charge is 0.344 e. The minimum Gasteiger partial charge on any atom is -0.482 e. The second-order valence-corrected chi connectivity index (χ2v) is 17.1. The van der Waals surface area contributed by atoms with Crippen LogP contribution in [0.3, 0.4) is 0 Å². The second kappa shape index (κ2) is 13.0. The molecule has 0 N–H and O–H groups in total. The molecular weight excluding hydrogens is 584 g/mol. The average Bonchev–Trinajstić information content (AvgIpc) is 3.41. The summed E-state index contributed by atoms with van der Waals surface area (Å²) in [5.74, 6) is 5.15. The maximum absolute atomic E-state index is 13.0. The van der Waals surface area contributed by atoms with Crippen molar-refractivity contribution in [1.29, 1.82) is 0 Å². The summed E-state index contributed by atoms with van der Waals surface area (Å²) >= 11 is 0. The molecule has 47 heavy (non-hydrogen) atoms. The van der Waals surface area contributed by atoms with Crippen molar-refractivity contribution < 1.29 is 18.7 Å². The van der Waals surface area contributed by atoms with Gasteiger partial charge in [-0.1, -0.05) is 65.5 Å². The predicted octanol–water partition coefficient (Wildman–Crippen LogP) is 10.0. The van der Waals surface area contributed by atoms with E-state index >= 15 is 0 Å². The van der Waals surface area contributed by atoms with E-state index in [1.165, 1.54) is 56.9 Å². The highest BCUT2D eigenvalue weighted by Crippen LogP contribution is 2.67. The van der Waals surface area contributed by atoms with Crippen molar-refractivity contribution in [3.63, 3.8) is 0 Å². The third-order valence-corrected chi connectivity index (χ3v) is 14.1. The van der Waals surface area contributed by atoms with Crippen LogP contribution in [0.4, 0.5) is 0 Å². The van der Waals surface area contributed by atoms with Crippen LogP contribution in [0.2, 0.25) is 0 Å². The Kier molecular flexibility index (Phi) is 9.15. The molecule has 5 heteroatoms. The lowest BCUT2D eigenvalue weighted by atomic mass is 9.47. The number of rotatable bonds is 9. The van der Waals surface area contributed by atoms with E-state index in [0.717, 1.165) is 97.0 Å². The number of aryl methyl sites for hydroxylation is 1. The van der Waals surface area contributed by atoms with Crippen molar-refractivity contribution in [2.24, 2.45) is 46.3 Å². The Morgan fingerprint density at radius 3 is 2.60 bits per heavy atom. The number of benzene rings is 1. The van der Waals surface area contributed by atoms with E-state index in [-0.39, 0.29) is 29.7 Å². The monoisotopic (exact) mass is 642 g/mol. The summed E-state index contributed by atoms with van der Waals surface area (Å²) in [6, 6.07) is 5.57. The molecule has 0 bridgehead atoms. The van der Waals surface area contributed by atoms with Crippen LogP contribution in [0.5, 0.6) is 5.75 Å². The topological polar surface area (TPSA) is 65.7 Å². The molecule has 256 valence electrons. The number of carbonyl (C=O) groups excluding carboxylic acids is 1. The molecule has 0 spiro atoms. The highest BCUT2D eigenvalue weighted by molar-refractivity contribution is 5.83. The summed E-state index contributed by atoms with van der Waals surface area (Å²) in [6.45, 7) is 12.3. The standard InChI is InChI=1S/C42H58O5/c1-26(2)9-8-10-27(3)35-17-18-36-34-15-13-28-23-30(19-21-41(28,4)37(34)20-22-42(35,36)5)46-39(43)25-45-29-14-16-32-31-11-6-7-12-33(31)40(44)47-38(32)24-29/h13-14,16,24,26-27,30,34-37H,6-12,15,17-23,25H2,1-5H3/t27-,30+,34-,35+,36-,37-,41+,42-/m1/s1. The van der Waals surface area contributed by atoms with Crippen molar-refractivity contribution in [1.82, 2.24) is 0 Å². The number of allylic oxidation sites excluding steroid dienone is 1. The maximum Gasteiger partial charge on any atom is 0.344 e. The Morgan fingerprint density at radius 1 is 0.979 bits per heavy atom. The van der Waals surface area contributed by atoms with Crippen LogP contribution < -0.4 is 10.4 Å². The van der Waals surface area contributed by atoms with E-state index in [1.807, 2.05) is 12.1 Å². The Balaban J connectivity index is 0.953. The number of hydrogen-bond donors (Lipinski definition) is 0. The van der Waals surface area contributed by atoms with Crippen LogP contribution in [0.15, 0.2) is 39.1 Å². The molecule has 7 rings (SSSR count). The van der Waals surface area contributed by atoms with E-state index in [0.29, 0.717) is 16.7 Å². The van der Waals surface area contributed by atoms with Gasteiger partial charge in [0.25, 0.3) is 0 Å². The van der Waals surface area contributed by atoms with Gasteiger partial charge in [-0.3, -0.25) is 0 Å². The van der Waals surface area contributed by atoms with Crippen LogP contribution in [-0.2, 0) is 22.4 Å². The minimum atomic E-state index is -0.326. The molecule has 0 radical (unpaired) electrons. The molecule has 2 aromatic rings. The molecule has 3 saturated carbocycles. The molecule has 3 fully saturated rings.